The van der Waals surface area contributed by atoms with Crippen LogP contribution in [-0.2, 0) is 14.4 Å². The lowest BCUT2D eigenvalue weighted by atomic mass is 10.0. The molecule has 0 bridgehead atoms. The van der Waals surface area contributed by atoms with Gasteiger partial charge in [-0.25, -0.2) is 4.79 Å². The Morgan fingerprint density at radius 2 is 2.08 bits per heavy atom. The van der Waals surface area contributed by atoms with Gasteiger partial charge in [0.05, 0.1) is 0 Å². The normalized spacial score (nSPS) is 30.5. The van der Waals surface area contributed by atoms with E-state index in [1.54, 1.807) is 0 Å². The summed E-state index contributed by atoms with van der Waals surface area (Å²) in [4.78, 5) is 32.8. The van der Waals surface area contributed by atoms with Crippen LogP contribution < -0.4 is 5.32 Å². The van der Waals surface area contributed by atoms with Gasteiger partial charge in [-0.2, -0.15) is 0 Å². The summed E-state index contributed by atoms with van der Waals surface area (Å²) >= 11 is 0. The van der Waals surface area contributed by atoms with Gasteiger partial charge in [0, 0.05) is 0 Å². The van der Waals surface area contributed by atoms with E-state index < -0.39 is 29.1 Å². The van der Waals surface area contributed by atoms with Crippen molar-refractivity contribution in [3.63, 3.8) is 0 Å². The fraction of sp³-hybridized carbons (Fsp3) is 0.571. The summed E-state index contributed by atoms with van der Waals surface area (Å²) in [7, 11) is 0. The largest absolute Gasteiger partial charge is 0.479 e. The summed E-state index contributed by atoms with van der Waals surface area (Å²) in [6.45, 7) is 0. The molecular weight excluding hydrogens is 162 g/mol. The lowest BCUT2D eigenvalue weighted by Gasteiger charge is -1.99. The van der Waals surface area contributed by atoms with Gasteiger partial charge in [0.1, 0.15) is 5.41 Å². The van der Waals surface area contributed by atoms with Crippen molar-refractivity contribution in [2.45, 2.75) is 18.9 Å². The molecule has 1 spiro atoms. The zero-order valence-electron chi connectivity index (χ0n) is 6.16. The van der Waals surface area contributed by atoms with Gasteiger partial charge >= 0.3 is 5.97 Å². The molecule has 0 aromatic rings. The van der Waals surface area contributed by atoms with E-state index in [-0.39, 0.29) is 0 Å². The van der Waals surface area contributed by atoms with E-state index in [0.29, 0.717) is 12.8 Å². The van der Waals surface area contributed by atoms with Crippen molar-refractivity contribution < 1.29 is 19.5 Å². The van der Waals surface area contributed by atoms with Crippen molar-refractivity contribution >= 4 is 17.7 Å². The molecule has 1 aliphatic heterocycles. The van der Waals surface area contributed by atoms with Crippen LogP contribution in [0.2, 0.25) is 0 Å². The number of Topliss-reactive ketones (excluding diaryl/α,β-unsaturated/α-hetero) is 1. The van der Waals surface area contributed by atoms with Crippen molar-refractivity contribution in [3.05, 3.63) is 0 Å². The van der Waals surface area contributed by atoms with Crippen LogP contribution in [0.1, 0.15) is 12.8 Å². The molecule has 64 valence electrons. The molecule has 1 atom stereocenters. The zero-order chi connectivity index (χ0) is 8.93. The molecule has 1 saturated carbocycles. The lowest BCUT2D eigenvalue weighted by molar-refractivity contribution is -0.142. The average molecular weight is 169 g/mol. The average Bonchev–Trinajstić information content (AvgIpc) is 2.73. The predicted molar refractivity (Wildman–Crippen MR) is 36.2 cm³/mol. The van der Waals surface area contributed by atoms with Crippen molar-refractivity contribution in [2.75, 3.05) is 0 Å². The molecule has 1 saturated heterocycles. The third-order valence-corrected chi connectivity index (χ3v) is 2.44. The van der Waals surface area contributed by atoms with Crippen molar-refractivity contribution in [1.82, 2.24) is 5.32 Å². The van der Waals surface area contributed by atoms with Crippen LogP contribution in [0.3, 0.4) is 0 Å². The number of carbonyl (C=O) groups is 3. The predicted octanol–water partition coefficient (Wildman–Crippen LogP) is -1.08. The van der Waals surface area contributed by atoms with E-state index in [2.05, 4.69) is 5.32 Å². The third kappa shape index (κ3) is 0.654. The molecule has 1 amide bonds. The first-order valence-electron chi connectivity index (χ1n) is 3.66. The Morgan fingerprint density at radius 1 is 1.50 bits per heavy atom. The van der Waals surface area contributed by atoms with E-state index in [0.717, 1.165) is 0 Å². The van der Waals surface area contributed by atoms with Crippen LogP contribution in [0.4, 0.5) is 0 Å². The topological polar surface area (TPSA) is 83.5 Å². The number of carboxylic acids is 1. The molecule has 2 rings (SSSR count). The van der Waals surface area contributed by atoms with Gasteiger partial charge in [-0.15, -0.1) is 0 Å². The second kappa shape index (κ2) is 1.85. The first-order valence-corrected chi connectivity index (χ1v) is 3.66. The molecule has 0 unspecified atom stereocenters. The molecule has 5 nitrogen and oxygen atoms in total. The highest BCUT2D eigenvalue weighted by Gasteiger charge is 2.64. The van der Waals surface area contributed by atoms with Gasteiger partial charge in [0.25, 0.3) is 0 Å². The van der Waals surface area contributed by atoms with E-state index in [9.17, 15) is 14.4 Å². The highest BCUT2D eigenvalue weighted by Crippen LogP contribution is 2.50. The minimum absolute atomic E-state index is 0.417. The van der Waals surface area contributed by atoms with Gasteiger partial charge in [-0.05, 0) is 12.8 Å². The number of nitrogens with one attached hydrogen (secondary N) is 1. The van der Waals surface area contributed by atoms with E-state index in [4.69, 9.17) is 5.11 Å². The molecule has 12 heavy (non-hydrogen) atoms. The smallest absolute Gasteiger partial charge is 0.334 e. The van der Waals surface area contributed by atoms with E-state index >= 15 is 0 Å². The number of rotatable bonds is 1. The number of hydrogen-bond acceptors (Lipinski definition) is 3. The maximum atomic E-state index is 11.3. The molecule has 2 fully saturated rings. The summed E-state index contributed by atoms with van der Waals surface area (Å²) in [6, 6.07) is -1.31. The monoisotopic (exact) mass is 169 g/mol. The Bertz CT molecular complexity index is 292. The molecule has 2 aliphatic rings. The summed E-state index contributed by atoms with van der Waals surface area (Å²) < 4.78 is 0. The van der Waals surface area contributed by atoms with E-state index in [1.807, 2.05) is 0 Å². The third-order valence-electron chi connectivity index (χ3n) is 2.44. The van der Waals surface area contributed by atoms with Crippen LogP contribution in [0.25, 0.3) is 0 Å². The second-order valence-electron chi connectivity index (χ2n) is 3.19. The second-order valence-corrected chi connectivity index (χ2v) is 3.19. The number of carbonyl (C=O) groups excluding carboxylic acids is 2. The number of aliphatic carboxylic acids is 1. The number of hydrogen-bond donors (Lipinski definition) is 2. The summed E-state index contributed by atoms with van der Waals surface area (Å²) in [5.74, 6) is -2.16. The number of carboxylic acid groups (broad SMARTS) is 1. The molecule has 0 radical (unpaired) electrons. The van der Waals surface area contributed by atoms with Gasteiger partial charge in [0.2, 0.25) is 5.91 Å². The summed E-state index contributed by atoms with van der Waals surface area (Å²) in [5.41, 5.74) is -0.955. The molecule has 0 aromatic heterocycles. The van der Waals surface area contributed by atoms with Gasteiger partial charge in [-0.1, -0.05) is 0 Å². The maximum Gasteiger partial charge on any atom is 0.334 e. The van der Waals surface area contributed by atoms with Crippen LogP contribution in [0.15, 0.2) is 0 Å². The van der Waals surface area contributed by atoms with Crippen molar-refractivity contribution in [2.24, 2.45) is 5.41 Å². The Hall–Kier alpha value is -1.39. The van der Waals surface area contributed by atoms with Crippen molar-refractivity contribution in [1.29, 1.82) is 0 Å². The first-order chi connectivity index (χ1) is 5.58. The van der Waals surface area contributed by atoms with Crippen molar-refractivity contribution in [3.8, 4) is 0 Å². The van der Waals surface area contributed by atoms with Gasteiger partial charge in [-0.3, -0.25) is 9.59 Å². The molecule has 0 aromatic carbocycles. The minimum Gasteiger partial charge on any atom is -0.479 e. The highest BCUT2D eigenvalue weighted by atomic mass is 16.4. The quantitative estimate of drug-likeness (QED) is 0.489. The first kappa shape index (κ1) is 7.27. The number of amides is 1. The highest BCUT2D eigenvalue weighted by molar-refractivity contribution is 6.23. The van der Waals surface area contributed by atoms with Crippen LogP contribution >= 0.6 is 0 Å². The molecule has 2 N–H and O–H groups in total. The summed E-state index contributed by atoms with van der Waals surface area (Å²) in [6.07, 6.45) is 1.00. The maximum absolute atomic E-state index is 11.3. The fourth-order valence-electron chi connectivity index (χ4n) is 1.50. The Kier molecular flexibility index (Phi) is 1.12. The zero-order valence-corrected chi connectivity index (χ0v) is 6.16. The lowest BCUT2D eigenvalue weighted by Crippen LogP contribution is -2.37. The molecular formula is C7H7NO4. The minimum atomic E-state index is -1.31. The number of ketones is 1. The standard InChI is InChI=1S/C7H7NO4/c9-4-3(5(10)11)8-6(12)7(4)1-2-7/h3H,1-2H2,(H,8,12)(H,10,11)/t3-/m0/s1. The molecule has 5 heteroatoms. The van der Waals surface area contributed by atoms with Crippen LogP contribution in [0.5, 0.6) is 0 Å². The summed E-state index contributed by atoms with van der Waals surface area (Å²) in [5, 5.41) is 10.7. The Morgan fingerprint density at radius 3 is 2.33 bits per heavy atom. The molecule has 1 aliphatic carbocycles. The van der Waals surface area contributed by atoms with Crippen LogP contribution in [-0.4, -0.2) is 28.8 Å². The fourth-order valence-corrected chi connectivity index (χ4v) is 1.50. The SMILES string of the molecule is O=C(O)[C@H]1NC(=O)C2(CC2)C1=O. The Labute approximate surface area is 67.7 Å². The van der Waals surface area contributed by atoms with Gasteiger partial charge < -0.3 is 10.4 Å². The molecule has 1 heterocycles. The Balaban J connectivity index is 2.31. The van der Waals surface area contributed by atoms with Gasteiger partial charge in [0.15, 0.2) is 11.8 Å². The van der Waals surface area contributed by atoms with Crippen LogP contribution in [0, 0.1) is 5.41 Å². The van der Waals surface area contributed by atoms with E-state index in [1.165, 1.54) is 0 Å².